The molecule has 1 aliphatic carbocycles. The number of rotatable bonds is 8. The van der Waals surface area contributed by atoms with Crippen LogP contribution in [0, 0.1) is 5.92 Å². The van der Waals surface area contributed by atoms with Gasteiger partial charge in [-0.1, -0.05) is 61.9 Å². The smallest absolute Gasteiger partial charge is 0.259 e. The Morgan fingerprint density at radius 1 is 1.13 bits per heavy atom. The minimum absolute atomic E-state index is 0.0520. The predicted octanol–water partition coefficient (Wildman–Crippen LogP) is 4.20. The maximum absolute atomic E-state index is 12.5. The van der Waals surface area contributed by atoms with E-state index in [9.17, 15) is 8.42 Å². The number of nitrogens with one attached hydrogen (secondary N) is 1. The van der Waals surface area contributed by atoms with Crippen LogP contribution >= 0.6 is 0 Å². The monoisotopic (exact) mass is 423 g/mol. The first-order chi connectivity index (χ1) is 14.5. The summed E-state index contributed by atoms with van der Waals surface area (Å²) in [5, 5.41) is 0.0520. The van der Waals surface area contributed by atoms with E-state index in [1.165, 1.54) is 42.1 Å². The quantitative estimate of drug-likeness (QED) is 0.591. The van der Waals surface area contributed by atoms with Crippen molar-refractivity contribution < 1.29 is 8.42 Å². The second-order valence-corrected chi connectivity index (χ2v) is 10.00. The fraction of sp³-hybridized carbons (Fsp3) is 0.375. The number of aromatic nitrogens is 2. The van der Waals surface area contributed by atoms with Crippen LogP contribution in [0.3, 0.4) is 0 Å². The number of sulfonamides is 1. The Balaban J connectivity index is 1.54. The lowest BCUT2D eigenvalue weighted by Gasteiger charge is -2.20. The van der Waals surface area contributed by atoms with Gasteiger partial charge in [0.25, 0.3) is 10.0 Å². The topological polar surface area (TPSA) is 64.0 Å². The Hall–Kier alpha value is -2.44. The highest BCUT2D eigenvalue weighted by molar-refractivity contribution is 7.89. The van der Waals surface area contributed by atoms with Crippen LogP contribution in [0.2, 0.25) is 0 Å². The second kappa shape index (κ2) is 8.74. The molecule has 1 aromatic heterocycles. The molecule has 0 amide bonds. The average Bonchev–Trinajstić information content (AvgIpc) is 3.32. The highest BCUT2D eigenvalue weighted by Crippen LogP contribution is 2.42. The van der Waals surface area contributed by atoms with Crippen LogP contribution in [0.4, 0.5) is 0 Å². The summed E-state index contributed by atoms with van der Waals surface area (Å²) in [7, 11) is -1.86. The standard InChI is InChI=1S/C24H29N3O2S/c1-3-7-20-14-21-11-10-19(15-26-30(28,29)24-16-27(2)17-25-24)13-23(21)22(20)12-18-8-5-4-6-9-18/h4-6,8-11,13,16-17,20,22,26H,3,7,12,14-15H2,1-2H3. The molecule has 0 spiro atoms. The van der Waals surface area contributed by atoms with Crippen molar-refractivity contribution in [2.24, 2.45) is 13.0 Å². The van der Waals surface area contributed by atoms with Crippen molar-refractivity contribution >= 4 is 10.0 Å². The van der Waals surface area contributed by atoms with Crippen molar-refractivity contribution in [3.8, 4) is 0 Å². The van der Waals surface area contributed by atoms with Gasteiger partial charge in [-0.15, -0.1) is 0 Å². The number of hydrogen-bond donors (Lipinski definition) is 1. The Bertz CT molecular complexity index is 1110. The SMILES string of the molecule is CCCC1Cc2ccc(CNS(=O)(=O)c3cn(C)cn3)cc2C1Cc1ccccc1. The number of aryl methyl sites for hydroxylation is 1. The maximum atomic E-state index is 12.5. The summed E-state index contributed by atoms with van der Waals surface area (Å²) < 4.78 is 29.3. The van der Waals surface area contributed by atoms with E-state index in [0.29, 0.717) is 11.8 Å². The normalized spacial score (nSPS) is 18.5. The van der Waals surface area contributed by atoms with E-state index in [4.69, 9.17) is 0 Å². The van der Waals surface area contributed by atoms with E-state index in [1.807, 2.05) is 6.07 Å². The van der Waals surface area contributed by atoms with Gasteiger partial charge in [-0.2, -0.15) is 0 Å². The maximum Gasteiger partial charge on any atom is 0.259 e. The van der Waals surface area contributed by atoms with Crippen LogP contribution in [0.15, 0.2) is 66.1 Å². The van der Waals surface area contributed by atoms with E-state index < -0.39 is 10.0 Å². The third-order valence-corrected chi connectivity index (χ3v) is 7.33. The van der Waals surface area contributed by atoms with Gasteiger partial charge < -0.3 is 4.57 Å². The summed E-state index contributed by atoms with van der Waals surface area (Å²) in [5.41, 5.74) is 5.14. The van der Waals surface area contributed by atoms with Crippen LogP contribution < -0.4 is 4.72 Å². The van der Waals surface area contributed by atoms with Gasteiger partial charge in [-0.05, 0) is 53.4 Å². The van der Waals surface area contributed by atoms with Crippen LogP contribution in [-0.4, -0.2) is 18.0 Å². The molecular formula is C24H29N3O2S. The molecule has 4 rings (SSSR count). The molecule has 6 heteroatoms. The lowest BCUT2D eigenvalue weighted by molar-refractivity contribution is 0.418. The summed E-state index contributed by atoms with van der Waals surface area (Å²) in [6, 6.07) is 17.1. The lowest BCUT2D eigenvalue weighted by Crippen LogP contribution is -2.23. The Morgan fingerprint density at radius 2 is 1.93 bits per heavy atom. The van der Waals surface area contributed by atoms with Gasteiger partial charge in [0.1, 0.15) is 0 Å². The molecule has 2 atom stereocenters. The van der Waals surface area contributed by atoms with Gasteiger partial charge in [-0.25, -0.2) is 18.1 Å². The Morgan fingerprint density at radius 3 is 2.63 bits per heavy atom. The molecule has 5 nitrogen and oxygen atoms in total. The summed E-state index contributed by atoms with van der Waals surface area (Å²) in [5.74, 6) is 1.13. The minimum Gasteiger partial charge on any atom is -0.339 e. The van der Waals surface area contributed by atoms with Crippen molar-refractivity contribution in [3.63, 3.8) is 0 Å². The summed E-state index contributed by atoms with van der Waals surface area (Å²) in [4.78, 5) is 3.96. The molecule has 0 fully saturated rings. The third-order valence-electron chi connectivity index (χ3n) is 6.04. The predicted molar refractivity (Wildman–Crippen MR) is 119 cm³/mol. The molecule has 3 aromatic rings. The zero-order chi connectivity index (χ0) is 21.1. The molecule has 0 saturated carbocycles. The van der Waals surface area contributed by atoms with Gasteiger partial charge in [0.2, 0.25) is 0 Å². The Kier molecular flexibility index (Phi) is 6.06. The molecule has 0 saturated heterocycles. The second-order valence-electron chi connectivity index (χ2n) is 8.28. The van der Waals surface area contributed by atoms with Crippen LogP contribution in [-0.2, 0) is 36.5 Å². The van der Waals surface area contributed by atoms with Gasteiger partial charge in [-0.3, -0.25) is 0 Å². The molecular weight excluding hydrogens is 394 g/mol. The van der Waals surface area contributed by atoms with E-state index in [-0.39, 0.29) is 11.6 Å². The molecule has 0 radical (unpaired) electrons. The van der Waals surface area contributed by atoms with E-state index >= 15 is 0 Å². The number of hydrogen-bond acceptors (Lipinski definition) is 3. The zero-order valence-corrected chi connectivity index (χ0v) is 18.4. The summed E-state index contributed by atoms with van der Waals surface area (Å²) in [6.07, 6.45) is 7.54. The third kappa shape index (κ3) is 4.50. The van der Waals surface area contributed by atoms with Crippen molar-refractivity contribution in [2.75, 3.05) is 0 Å². The molecule has 2 aromatic carbocycles. The van der Waals surface area contributed by atoms with Gasteiger partial charge in [0.05, 0.1) is 6.33 Å². The molecule has 1 heterocycles. The van der Waals surface area contributed by atoms with Gasteiger partial charge in [0, 0.05) is 19.8 Å². The Labute approximate surface area is 179 Å². The van der Waals surface area contributed by atoms with E-state index in [0.717, 1.165) is 18.4 Å². The van der Waals surface area contributed by atoms with Crippen molar-refractivity contribution in [1.82, 2.24) is 14.3 Å². The molecule has 1 N–H and O–H groups in total. The molecule has 0 aliphatic heterocycles. The number of nitrogens with zero attached hydrogens (tertiary/aromatic N) is 2. The first-order valence-corrected chi connectivity index (χ1v) is 12.1. The minimum atomic E-state index is -3.62. The van der Waals surface area contributed by atoms with Crippen molar-refractivity contribution in [3.05, 3.63) is 83.3 Å². The highest BCUT2D eigenvalue weighted by atomic mass is 32.2. The van der Waals surface area contributed by atoms with Crippen molar-refractivity contribution in [2.45, 2.75) is 50.1 Å². The summed E-state index contributed by atoms with van der Waals surface area (Å²) >= 11 is 0. The lowest BCUT2D eigenvalue weighted by atomic mass is 9.84. The molecule has 158 valence electrons. The number of imidazole rings is 1. The molecule has 30 heavy (non-hydrogen) atoms. The molecule has 1 aliphatic rings. The van der Waals surface area contributed by atoms with Gasteiger partial charge >= 0.3 is 0 Å². The fourth-order valence-electron chi connectivity index (χ4n) is 4.56. The number of fused-ring (bicyclic) bond motifs is 1. The first-order valence-electron chi connectivity index (χ1n) is 10.6. The van der Waals surface area contributed by atoms with Crippen molar-refractivity contribution in [1.29, 1.82) is 0 Å². The van der Waals surface area contributed by atoms with Crippen LogP contribution in [0.5, 0.6) is 0 Å². The zero-order valence-electron chi connectivity index (χ0n) is 17.6. The number of benzene rings is 2. The first kappa shape index (κ1) is 20.8. The fourth-order valence-corrected chi connectivity index (χ4v) is 5.56. The molecule has 0 bridgehead atoms. The highest BCUT2D eigenvalue weighted by Gasteiger charge is 2.32. The van der Waals surface area contributed by atoms with Crippen LogP contribution in [0.25, 0.3) is 0 Å². The van der Waals surface area contributed by atoms with Crippen LogP contribution in [0.1, 0.15) is 47.9 Å². The van der Waals surface area contributed by atoms with E-state index in [1.54, 1.807) is 11.6 Å². The largest absolute Gasteiger partial charge is 0.339 e. The summed E-state index contributed by atoms with van der Waals surface area (Å²) in [6.45, 7) is 2.52. The van der Waals surface area contributed by atoms with E-state index in [2.05, 4.69) is 59.1 Å². The average molecular weight is 424 g/mol. The van der Waals surface area contributed by atoms with Gasteiger partial charge in [0.15, 0.2) is 5.03 Å². The molecule has 2 unspecified atom stereocenters.